The number of benzene rings is 2. The highest BCUT2D eigenvalue weighted by Crippen LogP contribution is 2.30. The van der Waals surface area contributed by atoms with Gasteiger partial charge in [-0.25, -0.2) is 0 Å². The van der Waals surface area contributed by atoms with Gasteiger partial charge in [-0.15, -0.1) is 0 Å². The first-order valence-corrected chi connectivity index (χ1v) is 10.7. The van der Waals surface area contributed by atoms with Crippen molar-refractivity contribution in [3.63, 3.8) is 0 Å². The van der Waals surface area contributed by atoms with E-state index < -0.39 is 0 Å². The molecule has 4 rings (SSSR count). The number of nitrogens with one attached hydrogen (secondary N) is 1. The van der Waals surface area contributed by atoms with Crippen LogP contribution in [0.3, 0.4) is 0 Å². The van der Waals surface area contributed by atoms with Gasteiger partial charge in [0.25, 0.3) is 5.91 Å². The molecule has 0 bridgehead atoms. The molecule has 0 atom stereocenters. The van der Waals surface area contributed by atoms with E-state index in [-0.39, 0.29) is 5.91 Å². The van der Waals surface area contributed by atoms with Crippen LogP contribution in [0.15, 0.2) is 42.5 Å². The van der Waals surface area contributed by atoms with Crippen LogP contribution in [0.4, 0.5) is 0 Å². The molecular formula is C24H30N2O3. The Kier molecular flexibility index (Phi) is 6.35. The van der Waals surface area contributed by atoms with Crippen LogP contribution in [-0.4, -0.2) is 37.1 Å². The minimum atomic E-state index is -0.104. The molecule has 1 saturated heterocycles. The fourth-order valence-electron chi connectivity index (χ4n) is 3.83. The monoisotopic (exact) mass is 394 g/mol. The maximum atomic E-state index is 12.5. The maximum Gasteiger partial charge on any atom is 0.251 e. The minimum absolute atomic E-state index is 0.104. The molecule has 2 aromatic rings. The van der Waals surface area contributed by atoms with Gasteiger partial charge in [-0.2, -0.15) is 0 Å². The summed E-state index contributed by atoms with van der Waals surface area (Å²) in [6, 6.07) is 13.9. The van der Waals surface area contributed by atoms with Gasteiger partial charge in [0.15, 0.2) is 11.5 Å². The largest absolute Gasteiger partial charge is 0.490 e. The van der Waals surface area contributed by atoms with Crippen molar-refractivity contribution in [3.8, 4) is 11.5 Å². The Morgan fingerprint density at radius 2 is 1.69 bits per heavy atom. The summed E-state index contributed by atoms with van der Waals surface area (Å²) in [6.45, 7) is 7.49. The van der Waals surface area contributed by atoms with Gasteiger partial charge in [0.1, 0.15) is 0 Å². The van der Waals surface area contributed by atoms with Crippen LogP contribution in [-0.2, 0) is 13.1 Å². The van der Waals surface area contributed by atoms with Crippen molar-refractivity contribution >= 4 is 5.91 Å². The lowest BCUT2D eigenvalue weighted by Crippen LogP contribution is -2.32. The summed E-state index contributed by atoms with van der Waals surface area (Å²) in [5, 5.41) is 3.00. The van der Waals surface area contributed by atoms with Gasteiger partial charge in [0, 0.05) is 25.1 Å². The number of rotatable bonds is 5. The second-order valence-corrected chi connectivity index (χ2v) is 8.17. The van der Waals surface area contributed by atoms with Gasteiger partial charge in [0.2, 0.25) is 0 Å². The third-order valence-electron chi connectivity index (χ3n) is 5.77. The van der Waals surface area contributed by atoms with E-state index in [4.69, 9.17) is 9.47 Å². The van der Waals surface area contributed by atoms with Crippen LogP contribution < -0.4 is 14.8 Å². The summed E-state index contributed by atoms with van der Waals surface area (Å²) in [6.07, 6.45) is 3.44. The first-order valence-electron chi connectivity index (χ1n) is 10.7. The third-order valence-corrected chi connectivity index (χ3v) is 5.77. The summed E-state index contributed by atoms with van der Waals surface area (Å²) in [5.41, 5.74) is 3.02. The van der Waals surface area contributed by atoms with Gasteiger partial charge in [-0.05, 0) is 61.2 Å². The molecule has 0 spiro atoms. The van der Waals surface area contributed by atoms with Crippen molar-refractivity contribution in [1.29, 1.82) is 0 Å². The van der Waals surface area contributed by atoms with E-state index in [0.717, 1.165) is 24.4 Å². The number of nitrogens with zero attached hydrogens (tertiary/aromatic N) is 1. The number of carbonyl (C=O) groups excluding carboxylic acids is 1. The quantitative estimate of drug-likeness (QED) is 0.833. The Balaban J connectivity index is 1.29. The Morgan fingerprint density at radius 3 is 2.45 bits per heavy atom. The molecule has 0 unspecified atom stereocenters. The van der Waals surface area contributed by atoms with Crippen LogP contribution >= 0.6 is 0 Å². The van der Waals surface area contributed by atoms with Crippen LogP contribution in [0.2, 0.25) is 0 Å². The number of hydrogen-bond donors (Lipinski definition) is 1. The van der Waals surface area contributed by atoms with Gasteiger partial charge in [-0.1, -0.05) is 31.2 Å². The molecule has 0 saturated carbocycles. The molecular weight excluding hydrogens is 364 g/mol. The number of fused-ring (bicyclic) bond motifs is 1. The number of ether oxygens (including phenoxy) is 2. The smallest absolute Gasteiger partial charge is 0.251 e. The number of piperidine rings is 1. The van der Waals surface area contributed by atoms with Crippen molar-refractivity contribution < 1.29 is 14.3 Å². The second-order valence-electron chi connectivity index (χ2n) is 8.17. The first kappa shape index (κ1) is 19.8. The number of hydrogen-bond acceptors (Lipinski definition) is 4. The van der Waals surface area contributed by atoms with Crippen LogP contribution in [0.25, 0.3) is 0 Å². The molecule has 0 aliphatic carbocycles. The van der Waals surface area contributed by atoms with Gasteiger partial charge < -0.3 is 14.8 Å². The molecule has 0 radical (unpaired) electrons. The van der Waals surface area contributed by atoms with Crippen molar-refractivity contribution in [2.75, 3.05) is 26.3 Å². The second kappa shape index (κ2) is 9.31. The predicted octanol–water partition coefficient (Wildman–Crippen LogP) is 4.01. The van der Waals surface area contributed by atoms with Gasteiger partial charge in [-0.3, -0.25) is 9.69 Å². The van der Waals surface area contributed by atoms with E-state index in [0.29, 0.717) is 36.8 Å². The van der Waals surface area contributed by atoms with Crippen LogP contribution in [0.1, 0.15) is 47.7 Å². The predicted molar refractivity (Wildman–Crippen MR) is 113 cm³/mol. The lowest BCUT2D eigenvalue weighted by molar-refractivity contribution is 0.0950. The third kappa shape index (κ3) is 5.30. The molecule has 1 N–H and O–H groups in total. The van der Waals surface area contributed by atoms with E-state index in [1.165, 1.54) is 31.5 Å². The summed E-state index contributed by atoms with van der Waals surface area (Å²) in [5.74, 6) is 2.10. The fourth-order valence-corrected chi connectivity index (χ4v) is 3.83. The summed E-state index contributed by atoms with van der Waals surface area (Å²) < 4.78 is 11.3. The molecule has 1 amide bonds. The van der Waals surface area contributed by atoms with E-state index in [2.05, 4.69) is 41.4 Å². The zero-order chi connectivity index (χ0) is 20.1. The van der Waals surface area contributed by atoms with E-state index in [1.54, 1.807) is 12.1 Å². The molecule has 29 heavy (non-hydrogen) atoms. The Hall–Kier alpha value is -2.53. The minimum Gasteiger partial charge on any atom is -0.490 e. The highest BCUT2D eigenvalue weighted by atomic mass is 16.5. The fraction of sp³-hybridized carbons (Fsp3) is 0.458. The lowest BCUT2D eigenvalue weighted by Gasteiger charge is -2.30. The highest BCUT2D eigenvalue weighted by molar-refractivity contribution is 5.94. The molecule has 2 heterocycles. The Bertz CT molecular complexity index is 827. The topological polar surface area (TPSA) is 50.8 Å². The van der Waals surface area contributed by atoms with E-state index in [9.17, 15) is 4.79 Å². The molecule has 2 aliphatic heterocycles. The normalized spacial score (nSPS) is 17.6. The number of likely N-dealkylation sites (tertiary alicyclic amines) is 1. The molecule has 1 fully saturated rings. The number of amides is 1. The summed E-state index contributed by atoms with van der Waals surface area (Å²) >= 11 is 0. The Labute approximate surface area is 173 Å². The molecule has 5 nitrogen and oxygen atoms in total. The summed E-state index contributed by atoms with van der Waals surface area (Å²) in [4.78, 5) is 15.1. The first-order chi connectivity index (χ1) is 14.2. The molecule has 5 heteroatoms. The highest BCUT2D eigenvalue weighted by Gasteiger charge is 2.16. The molecule has 0 aromatic heterocycles. The van der Waals surface area contributed by atoms with Crippen LogP contribution in [0, 0.1) is 5.92 Å². The zero-order valence-electron chi connectivity index (χ0n) is 17.2. The summed E-state index contributed by atoms with van der Waals surface area (Å²) in [7, 11) is 0. The molecule has 154 valence electrons. The van der Waals surface area contributed by atoms with E-state index in [1.807, 2.05) is 6.07 Å². The van der Waals surface area contributed by atoms with Crippen molar-refractivity contribution in [2.45, 2.75) is 39.3 Å². The van der Waals surface area contributed by atoms with E-state index >= 15 is 0 Å². The van der Waals surface area contributed by atoms with Gasteiger partial charge >= 0.3 is 0 Å². The molecule has 2 aromatic carbocycles. The average molecular weight is 395 g/mol. The standard InChI is InChI=1S/C24H30N2O3/c1-18-9-11-26(12-10-18)17-20-5-3-19(4-6-20)16-25-24(27)21-7-8-22-23(15-21)29-14-2-13-28-22/h3-8,15,18H,2,9-14,16-17H2,1H3,(H,25,27). The van der Waals surface area contributed by atoms with Crippen molar-refractivity contribution in [3.05, 3.63) is 59.2 Å². The van der Waals surface area contributed by atoms with Gasteiger partial charge in [0.05, 0.1) is 13.2 Å². The molecule has 2 aliphatic rings. The zero-order valence-corrected chi connectivity index (χ0v) is 17.2. The Morgan fingerprint density at radius 1 is 1.00 bits per heavy atom. The SMILES string of the molecule is CC1CCN(Cc2ccc(CNC(=O)c3ccc4c(c3)OCCCO4)cc2)CC1. The number of carbonyl (C=O) groups is 1. The van der Waals surface area contributed by atoms with Crippen molar-refractivity contribution in [2.24, 2.45) is 5.92 Å². The van der Waals surface area contributed by atoms with Crippen molar-refractivity contribution in [1.82, 2.24) is 10.2 Å². The van der Waals surface area contributed by atoms with Crippen LogP contribution in [0.5, 0.6) is 11.5 Å². The average Bonchev–Trinajstić information content (AvgIpc) is 2.99. The maximum absolute atomic E-state index is 12.5. The lowest BCUT2D eigenvalue weighted by atomic mass is 9.99.